The number of aldehydes is 1. The largest absolute Gasteiger partial charge is 0.371 e. The maximum atomic E-state index is 13.2. The lowest BCUT2D eigenvalue weighted by molar-refractivity contribution is -0.136. The third kappa shape index (κ3) is 4.53. The van der Waals surface area contributed by atoms with Crippen molar-refractivity contribution >= 4 is 46.1 Å². The predicted molar refractivity (Wildman–Crippen MR) is 132 cm³/mol. The number of nitrogens with zero attached hydrogens (tertiary/aromatic N) is 4. The van der Waals surface area contributed by atoms with E-state index >= 15 is 0 Å². The molecule has 170 valence electrons. The number of hydrogen-bond acceptors (Lipinski definition) is 5. The molecule has 0 bridgehead atoms. The van der Waals surface area contributed by atoms with Crippen molar-refractivity contribution in [3.05, 3.63) is 65.3 Å². The molecule has 2 aromatic carbocycles. The summed E-state index contributed by atoms with van der Waals surface area (Å²) in [6.45, 7) is 4.84. The molecule has 6 nitrogen and oxygen atoms in total. The lowest BCUT2D eigenvalue weighted by atomic mass is 9.94. The first-order chi connectivity index (χ1) is 16.1. The molecule has 2 saturated heterocycles. The number of benzene rings is 2. The smallest absolute Gasteiger partial charge is 0.225 e. The van der Waals surface area contributed by atoms with Crippen LogP contribution in [-0.2, 0) is 4.79 Å². The number of fused-ring (bicyclic) bond motifs is 1. The van der Waals surface area contributed by atoms with Gasteiger partial charge in [0, 0.05) is 78.7 Å². The van der Waals surface area contributed by atoms with Crippen LogP contribution in [0.2, 0.25) is 5.02 Å². The van der Waals surface area contributed by atoms with Crippen LogP contribution in [0.25, 0.3) is 10.9 Å². The van der Waals surface area contributed by atoms with E-state index < -0.39 is 0 Å². The second-order valence-electron chi connectivity index (χ2n) is 8.77. The molecule has 0 N–H and O–H groups in total. The number of carbonyl (C=O) groups is 2. The van der Waals surface area contributed by atoms with Crippen LogP contribution >= 0.6 is 11.6 Å². The molecule has 0 saturated carbocycles. The molecule has 7 heteroatoms. The van der Waals surface area contributed by atoms with Gasteiger partial charge in [0.15, 0.2) is 0 Å². The Morgan fingerprint density at radius 1 is 0.909 bits per heavy atom. The second kappa shape index (κ2) is 9.40. The van der Waals surface area contributed by atoms with Crippen molar-refractivity contribution in [2.45, 2.75) is 12.8 Å². The first kappa shape index (κ1) is 21.7. The normalized spacial score (nSPS) is 17.4. The van der Waals surface area contributed by atoms with Crippen LogP contribution in [0.5, 0.6) is 0 Å². The molecule has 1 amide bonds. The summed E-state index contributed by atoms with van der Waals surface area (Å²) < 4.78 is 0. The fraction of sp³-hybridized carbons (Fsp3) is 0.346. The Kier molecular flexibility index (Phi) is 6.18. The van der Waals surface area contributed by atoms with E-state index in [0.717, 1.165) is 80.7 Å². The van der Waals surface area contributed by atoms with Crippen molar-refractivity contribution in [3.63, 3.8) is 0 Å². The number of amides is 1. The van der Waals surface area contributed by atoms with E-state index in [1.807, 2.05) is 59.6 Å². The molecule has 3 heterocycles. The molecule has 0 radical (unpaired) electrons. The number of aromatic nitrogens is 1. The van der Waals surface area contributed by atoms with Crippen LogP contribution in [0.3, 0.4) is 0 Å². The third-order valence-corrected chi connectivity index (χ3v) is 7.09. The van der Waals surface area contributed by atoms with E-state index in [-0.39, 0.29) is 11.8 Å². The average Bonchev–Trinajstić information content (AvgIpc) is 2.88. The van der Waals surface area contributed by atoms with Crippen molar-refractivity contribution in [1.82, 2.24) is 9.88 Å². The zero-order valence-corrected chi connectivity index (χ0v) is 19.2. The van der Waals surface area contributed by atoms with Gasteiger partial charge in [-0.05, 0) is 61.4 Å². The molecule has 1 aromatic heterocycles. The Hall–Kier alpha value is -3.12. The van der Waals surface area contributed by atoms with Crippen LogP contribution in [0.15, 0.2) is 54.7 Å². The zero-order chi connectivity index (χ0) is 22.8. The number of piperidine rings is 1. The molecule has 2 fully saturated rings. The van der Waals surface area contributed by atoms with E-state index in [0.29, 0.717) is 10.6 Å². The van der Waals surface area contributed by atoms with Crippen LogP contribution in [0.1, 0.15) is 23.2 Å². The SMILES string of the molecule is O=Cc1ccc(N2CCC(C(=O)N3CCN(c4ccnc5cc(Cl)ccc45)CC3)CC2)cc1. The van der Waals surface area contributed by atoms with E-state index in [1.165, 1.54) is 0 Å². The highest BCUT2D eigenvalue weighted by molar-refractivity contribution is 6.31. The van der Waals surface area contributed by atoms with E-state index in [4.69, 9.17) is 11.6 Å². The molecular weight excluding hydrogens is 436 g/mol. The summed E-state index contributed by atoms with van der Waals surface area (Å²) in [5.74, 6) is 0.378. The van der Waals surface area contributed by atoms with Crippen molar-refractivity contribution in [1.29, 1.82) is 0 Å². The molecule has 0 aliphatic carbocycles. The fourth-order valence-electron chi connectivity index (χ4n) is 4.96. The molecule has 2 aliphatic rings. The van der Waals surface area contributed by atoms with Gasteiger partial charge >= 0.3 is 0 Å². The maximum absolute atomic E-state index is 13.2. The van der Waals surface area contributed by atoms with Gasteiger partial charge in [-0.1, -0.05) is 11.6 Å². The van der Waals surface area contributed by atoms with Gasteiger partial charge in [0.2, 0.25) is 5.91 Å². The molecule has 0 spiro atoms. The minimum absolute atomic E-state index is 0.0888. The third-order valence-electron chi connectivity index (χ3n) is 6.85. The Morgan fingerprint density at radius 2 is 1.64 bits per heavy atom. The number of anilines is 2. The Bertz CT molecular complexity index is 1150. The van der Waals surface area contributed by atoms with Gasteiger partial charge in [-0.3, -0.25) is 14.6 Å². The first-order valence-corrected chi connectivity index (χ1v) is 11.9. The fourth-order valence-corrected chi connectivity index (χ4v) is 5.12. The molecule has 5 rings (SSSR count). The van der Waals surface area contributed by atoms with Gasteiger partial charge in [0.1, 0.15) is 6.29 Å². The van der Waals surface area contributed by atoms with Crippen molar-refractivity contribution in [2.24, 2.45) is 5.92 Å². The molecule has 0 unspecified atom stereocenters. The molecule has 33 heavy (non-hydrogen) atoms. The van der Waals surface area contributed by atoms with Gasteiger partial charge in [-0.15, -0.1) is 0 Å². The summed E-state index contributed by atoms with van der Waals surface area (Å²) in [4.78, 5) is 35.2. The highest BCUT2D eigenvalue weighted by Gasteiger charge is 2.30. The second-order valence-corrected chi connectivity index (χ2v) is 9.21. The van der Waals surface area contributed by atoms with Gasteiger partial charge in [0.25, 0.3) is 0 Å². The summed E-state index contributed by atoms with van der Waals surface area (Å²) in [6.07, 6.45) is 4.42. The number of pyridine rings is 1. The lowest BCUT2D eigenvalue weighted by Crippen LogP contribution is -2.51. The van der Waals surface area contributed by atoms with Gasteiger partial charge in [-0.25, -0.2) is 0 Å². The number of hydrogen-bond donors (Lipinski definition) is 0. The number of rotatable bonds is 4. The Morgan fingerprint density at radius 3 is 2.33 bits per heavy atom. The van der Waals surface area contributed by atoms with Crippen LogP contribution in [0.4, 0.5) is 11.4 Å². The van der Waals surface area contributed by atoms with Crippen LogP contribution < -0.4 is 9.80 Å². The van der Waals surface area contributed by atoms with Gasteiger partial charge in [0.05, 0.1) is 5.52 Å². The van der Waals surface area contributed by atoms with Crippen molar-refractivity contribution in [3.8, 4) is 0 Å². The minimum atomic E-state index is 0.0888. The van der Waals surface area contributed by atoms with E-state index in [9.17, 15) is 9.59 Å². The highest BCUT2D eigenvalue weighted by Crippen LogP contribution is 2.29. The van der Waals surface area contributed by atoms with E-state index in [2.05, 4.69) is 14.8 Å². The predicted octanol–water partition coefficient (Wildman–Crippen LogP) is 4.27. The standard InChI is InChI=1S/C26H27ClN4O2/c27-21-3-6-23-24(17-21)28-10-7-25(23)30-13-15-31(16-14-30)26(33)20-8-11-29(12-9-20)22-4-1-19(18-32)2-5-22/h1-7,10,17-18,20H,8-9,11-16H2. The molecular formula is C26H27ClN4O2. The maximum Gasteiger partial charge on any atom is 0.225 e. The molecule has 2 aliphatic heterocycles. The minimum Gasteiger partial charge on any atom is -0.371 e. The Labute approximate surface area is 198 Å². The quantitative estimate of drug-likeness (QED) is 0.542. The summed E-state index contributed by atoms with van der Waals surface area (Å²) >= 11 is 6.13. The van der Waals surface area contributed by atoms with Crippen LogP contribution in [-0.4, -0.2) is 61.3 Å². The topological polar surface area (TPSA) is 56.8 Å². The number of halogens is 1. The van der Waals surface area contributed by atoms with Crippen molar-refractivity contribution < 1.29 is 9.59 Å². The van der Waals surface area contributed by atoms with Crippen LogP contribution in [0, 0.1) is 5.92 Å². The highest BCUT2D eigenvalue weighted by atomic mass is 35.5. The number of piperazine rings is 1. The monoisotopic (exact) mass is 462 g/mol. The Balaban J connectivity index is 1.17. The van der Waals surface area contributed by atoms with Gasteiger partial charge in [-0.2, -0.15) is 0 Å². The average molecular weight is 463 g/mol. The molecule has 0 atom stereocenters. The van der Waals surface area contributed by atoms with E-state index in [1.54, 1.807) is 0 Å². The summed E-state index contributed by atoms with van der Waals surface area (Å²) in [6, 6.07) is 15.5. The zero-order valence-electron chi connectivity index (χ0n) is 18.5. The lowest BCUT2D eigenvalue weighted by Gasteiger charge is -2.40. The molecule has 3 aromatic rings. The first-order valence-electron chi connectivity index (χ1n) is 11.5. The summed E-state index contributed by atoms with van der Waals surface area (Å²) in [5.41, 5.74) is 3.85. The van der Waals surface area contributed by atoms with Crippen molar-refractivity contribution in [2.75, 3.05) is 49.1 Å². The summed E-state index contributed by atoms with van der Waals surface area (Å²) in [7, 11) is 0. The van der Waals surface area contributed by atoms with Gasteiger partial charge < -0.3 is 14.7 Å². The summed E-state index contributed by atoms with van der Waals surface area (Å²) in [5, 5.41) is 1.78. The number of carbonyl (C=O) groups excluding carboxylic acids is 2.